The maximum absolute atomic E-state index is 8.74. The van der Waals surface area contributed by atoms with E-state index in [1.54, 1.807) is 23.6 Å². The summed E-state index contributed by atoms with van der Waals surface area (Å²) in [5, 5.41) is 2.50. The summed E-state index contributed by atoms with van der Waals surface area (Å²) in [4.78, 5) is 4.63. The van der Waals surface area contributed by atoms with Gasteiger partial charge in [0, 0.05) is 34.7 Å². The van der Waals surface area contributed by atoms with Gasteiger partial charge in [-0.05, 0) is 52.7 Å². The first-order valence-corrected chi connectivity index (χ1v) is 11.0. The van der Waals surface area contributed by atoms with Crippen molar-refractivity contribution >= 4 is 31.5 Å². The molecule has 0 atom stereocenters. The predicted molar refractivity (Wildman–Crippen MR) is 131 cm³/mol. The predicted octanol–water partition coefficient (Wildman–Crippen LogP) is 8.00. The molecule has 30 heavy (non-hydrogen) atoms. The smallest absolute Gasteiger partial charge is 0.0719 e. The molecule has 0 spiro atoms. The average molecular weight is 410 g/mol. The van der Waals surface area contributed by atoms with Crippen LogP contribution in [0.5, 0.6) is 0 Å². The highest BCUT2D eigenvalue weighted by Crippen LogP contribution is 2.41. The Morgan fingerprint density at radius 2 is 1.67 bits per heavy atom. The van der Waals surface area contributed by atoms with E-state index in [1.807, 2.05) is 36.4 Å². The molecule has 0 fully saturated rings. The van der Waals surface area contributed by atoms with Crippen molar-refractivity contribution in [1.29, 1.82) is 0 Å². The number of nitrogens with zero attached hydrogens (tertiary/aromatic N) is 1. The summed E-state index contributed by atoms with van der Waals surface area (Å²) in [5.41, 5.74) is 4.53. The summed E-state index contributed by atoms with van der Waals surface area (Å²) in [7, 11) is 0. The zero-order valence-corrected chi connectivity index (χ0v) is 18.3. The minimum Gasteiger partial charge on any atom is -0.256 e. The van der Waals surface area contributed by atoms with Crippen molar-refractivity contribution in [3.8, 4) is 11.3 Å². The lowest BCUT2D eigenvalue weighted by Crippen LogP contribution is -2.10. The van der Waals surface area contributed by atoms with Crippen LogP contribution in [0.4, 0.5) is 0 Å². The summed E-state index contributed by atoms with van der Waals surface area (Å²) in [6, 6.07) is 26.1. The fraction of sp³-hybridized carbons (Fsp3) is 0.179. The van der Waals surface area contributed by atoms with Gasteiger partial charge >= 0.3 is 0 Å². The number of aromatic nitrogens is 1. The van der Waals surface area contributed by atoms with Crippen LogP contribution in [0.15, 0.2) is 85.1 Å². The summed E-state index contributed by atoms with van der Waals surface area (Å²) in [5.74, 6) is 0. The number of fused-ring (bicyclic) bond motifs is 3. The van der Waals surface area contributed by atoms with E-state index in [-0.39, 0.29) is 5.41 Å². The minimum absolute atomic E-state index is 0.0962. The van der Waals surface area contributed by atoms with E-state index in [9.17, 15) is 0 Å². The van der Waals surface area contributed by atoms with Gasteiger partial charge < -0.3 is 0 Å². The van der Waals surface area contributed by atoms with Crippen molar-refractivity contribution in [1.82, 2.24) is 4.98 Å². The van der Waals surface area contributed by atoms with Gasteiger partial charge in [-0.25, -0.2) is 0 Å². The van der Waals surface area contributed by atoms with Gasteiger partial charge in [-0.3, -0.25) is 4.98 Å². The van der Waals surface area contributed by atoms with Gasteiger partial charge in [0.15, 0.2) is 0 Å². The molecule has 2 heteroatoms. The summed E-state index contributed by atoms with van der Waals surface area (Å²) in [6.07, 6.45) is 0.129. The molecule has 0 aliphatic carbocycles. The molecule has 0 amide bonds. The van der Waals surface area contributed by atoms with Crippen molar-refractivity contribution in [2.24, 2.45) is 0 Å². The molecule has 0 radical (unpaired) electrons. The molecule has 2 aromatic heterocycles. The molecule has 148 valence electrons. The van der Waals surface area contributed by atoms with Gasteiger partial charge in [-0.1, -0.05) is 75.4 Å². The number of benzene rings is 3. The van der Waals surface area contributed by atoms with Gasteiger partial charge in [0.2, 0.25) is 0 Å². The Balaban J connectivity index is 1.67. The van der Waals surface area contributed by atoms with Crippen molar-refractivity contribution in [2.45, 2.75) is 32.6 Å². The third kappa shape index (κ3) is 3.53. The monoisotopic (exact) mass is 409 g/mol. The normalized spacial score (nSPS) is 13.4. The Bertz CT molecular complexity index is 1430. The first-order chi connectivity index (χ1) is 15.2. The summed E-state index contributed by atoms with van der Waals surface area (Å²) >= 11 is 1.78. The third-order valence-corrected chi connectivity index (χ3v) is 6.68. The molecule has 0 saturated carbocycles. The van der Waals surface area contributed by atoms with Crippen molar-refractivity contribution < 1.29 is 2.74 Å². The zero-order valence-electron chi connectivity index (χ0n) is 19.4. The van der Waals surface area contributed by atoms with E-state index in [0.717, 1.165) is 11.3 Å². The van der Waals surface area contributed by atoms with Gasteiger partial charge in [0.1, 0.15) is 0 Å². The average Bonchev–Trinajstić information content (AvgIpc) is 3.17. The van der Waals surface area contributed by atoms with Crippen LogP contribution in [0.3, 0.4) is 0 Å². The Labute approximate surface area is 184 Å². The van der Waals surface area contributed by atoms with Crippen LogP contribution in [0.1, 0.15) is 40.2 Å². The van der Waals surface area contributed by atoms with E-state index in [0.29, 0.717) is 11.1 Å². The number of hydrogen-bond acceptors (Lipinski definition) is 2. The van der Waals surface area contributed by atoms with Crippen LogP contribution in [-0.2, 0) is 11.8 Å². The second-order valence-corrected chi connectivity index (χ2v) is 9.72. The highest BCUT2D eigenvalue weighted by Gasteiger charge is 2.17. The first kappa shape index (κ1) is 16.8. The fourth-order valence-electron chi connectivity index (χ4n) is 3.81. The molecule has 5 rings (SSSR count). The molecule has 3 aromatic carbocycles. The van der Waals surface area contributed by atoms with Crippen molar-refractivity contribution in [2.75, 3.05) is 0 Å². The molecule has 5 aromatic rings. The number of pyridine rings is 1. The number of rotatable bonds is 3. The molecular formula is C28H25NS. The van der Waals surface area contributed by atoms with Gasteiger partial charge in [0.05, 0.1) is 5.69 Å². The van der Waals surface area contributed by atoms with E-state index in [1.165, 1.54) is 25.7 Å². The lowest BCUT2D eigenvalue weighted by molar-refractivity contribution is 0.591. The molecule has 0 bridgehead atoms. The fourth-order valence-corrected chi connectivity index (χ4v) is 5.02. The van der Waals surface area contributed by atoms with Crippen LogP contribution < -0.4 is 0 Å². The first-order valence-electron chi connectivity index (χ1n) is 11.2. The van der Waals surface area contributed by atoms with Crippen molar-refractivity contribution in [3.05, 3.63) is 102 Å². The minimum atomic E-state index is -1.59. The van der Waals surface area contributed by atoms with Crippen molar-refractivity contribution in [3.63, 3.8) is 0 Å². The molecule has 1 nitrogen and oxygen atoms in total. The van der Waals surface area contributed by atoms with E-state index >= 15 is 0 Å². The largest absolute Gasteiger partial charge is 0.256 e. The van der Waals surface area contributed by atoms with Crippen LogP contribution in [0.2, 0.25) is 0 Å². The SMILES string of the molecule is [2H]C([2H])(c1ccccc1)c1ccnc(-c2cccc3c2sc2ccc(C(C)(C)C)cc23)c1. The molecule has 0 aliphatic rings. The van der Waals surface area contributed by atoms with E-state index in [2.05, 4.69) is 62.2 Å². The lowest BCUT2D eigenvalue weighted by Gasteiger charge is -2.18. The van der Waals surface area contributed by atoms with Gasteiger partial charge in [-0.15, -0.1) is 11.3 Å². The van der Waals surface area contributed by atoms with Crippen LogP contribution in [0, 0.1) is 0 Å². The molecule has 0 saturated heterocycles. The highest BCUT2D eigenvalue weighted by molar-refractivity contribution is 7.26. The van der Waals surface area contributed by atoms with E-state index < -0.39 is 6.37 Å². The molecule has 2 heterocycles. The second-order valence-electron chi connectivity index (χ2n) is 8.67. The Morgan fingerprint density at radius 1 is 0.833 bits per heavy atom. The standard InChI is InChI=1S/C28H25NS/c1-28(2,3)21-12-13-26-24(18-21)22-10-7-11-23(27(22)30-26)25-17-20(14-15-29-25)16-19-8-5-4-6-9-19/h4-15,17-18H,16H2,1-3H3/i16D2. The topological polar surface area (TPSA) is 12.9 Å². The summed E-state index contributed by atoms with van der Waals surface area (Å²) < 4.78 is 19.9. The van der Waals surface area contributed by atoms with Crippen LogP contribution in [0.25, 0.3) is 31.4 Å². The van der Waals surface area contributed by atoms with Gasteiger partial charge in [-0.2, -0.15) is 0 Å². The lowest BCUT2D eigenvalue weighted by atomic mass is 9.86. The number of thiophene rings is 1. The zero-order chi connectivity index (χ0) is 22.5. The Morgan fingerprint density at radius 3 is 2.47 bits per heavy atom. The highest BCUT2D eigenvalue weighted by atomic mass is 32.1. The van der Waals surface area contributed by atoms with Crippen LogP contribution >= 0.6 is 11.3 Å². The Kier molecular flexibility index (Phi) is 4.13. The maximum atomic E-state index is 8.74. The van der Waals surface area contributed by atoms with E-state index in [4.69, 9.17) is 2.74 Å². The maximum Gasteiger partial charge on any atom is 0.0719 e. The Hall–Kier alpha value is -2.97. The third-order valence-electron chi connectivity index (χ3n) is 5.46. The molecule has 0 unspecified atom stereocenters. The quantitative estimate of drug-likeness (QED) is 0.294. The van der Waals surface area contributed by atoms with Crippen LogP contribution in [-0.4, -0.2) is 4.98 Å². The second kappa shape index (κ2) is 7.37. The molecule has 0 aliphatic heterocycles. The number of hydrogen-bond donors (Lipinski definition) is 0. The van der Waals surface area contributed by atoms with Gasteiger partial charge in [0.25, 0.3) is 0 Å². The molecular weight excluding hydrogens is 382 g/mol. The summed E-state index contributed by atoms with van der Waals surface area (Å²) in [6.45, 7) is 6.72. The molecule has 0 N–H and O–H groups in total.